The molecule has 156 valence electrons. The molecule has 2 amide bonds. The first-order chi connectivity index (χ1) is 13.3. The number of nitrogens with one attached hydrogen (secondary N) is 2. The highest BCUT2D eigenvalue weighted by Crippen LogP contribution is 2.36. The second kappa shape index (κ2) is 10.3. The van der Waals surface area contributed by atoms with Crippen molar-refractivity contribution in [3.8, 4) is 0 Å². The molecule has 0 unspecified atom stereocenters. The van der Waals surface area contributed by atoms with Crippen LogP contribution in [0.2, 0.25) is 0 Å². The molecule has 1 aliphatic heterocycles. The lowest BCUT2D eigenvalue weighted by Crippen LogP contribution is -2.30. The van der Waals surface area contributed by atoms with Gasteiger partial charge in [0.25, 0.3) is 0 Å². The molecule has 0 atom stereocenters. The number of alkyl halides is 3. The molecule has 1 aromatic carbocycles. The van der Waals surface area contributed by atoms with Crippen molar-refractivity contribution in [3.63, 3.8) is 0 Å². The van der Waals surface area contributed by atoms with Gasteiger partial charge in [0.05, 0.1) is 16.9 Å². The van der Waals surface area contributed by atoms with E-state index in [0.717, 1.165) is 57.3 Å². The third-order valence-corrected chi connectivity index (χ3v) is 4.75. The lowest BCUT2D eigenvalue weighted by Gasteiger charge is -2.31. The molecule has 1 heterocycles. The molecule has 8 heteroatoms. The molecule has 0 radical (unpaired) electrons. The number of hydrogen-bond acceptors (Lipinski definition) is 3. The normalized spacial score (nSPS) is 14.6. The number of piperidine rings is 1. The van der Waals surface area contributed by atoms with E-state index in [2.05, 4.69) is 10.6 Å². The van der Waals surface area contributed by atoms with Gasteiger partial charge in [-0.3, -0.25) is 9.59 Å². The molecule has 1 saturated heterocycles. The van der Waals surface area contributed by atoms with Crippen LogP contribution in [-0.4, -0.2) is 31.4 Å². The number of amides is 2. The van der Waals surface area contributed by atoms with E-state index in [-0.39, 0.29) is 23.9 Å². The smallest absolute Gasteiger partial charge is 0.370 e. The summed E-state index contributed by atoms with van der Waals surface area (Å²) in [5.74, 6) is -0.385. The molecule has 0 saturated carbocycles. The quantitative estimate of drug-likeness (QED) is 0.640. The van der Waals surface area contributed by atoms with Gasteiger partial charge in [-0.05, 0) is 50.3 Å². The Labute approximate surface area is 163 Å². The maximum absolute atomic E-state index is 13.1. The first-order valence-electron chi connectivity index (χ1n) is 9.78. The maximum atomic E-state index is 13.1. The van der Waals surface area contributed by atoms with Crippen molar-refractivity contribution in [2.24, 2.45) is 0 Å². The van der Waals surface area contributed by atoms with Gasteiger partial charge < -0.3 is 15.5 Å². The summed E-state index contributed by atoms with van der Waals surface area (Å²) < 4.78 is 39.3. The second-order valence-electron chi connectivity index (χ2n) is 7.12. The van der Waals surface area contributed by atoms with Crippen LogP contribution >= 0.6 is 0 Å². The Morgan fingerprint density at radius 2 is 1.79 bits per heavy atom. The Balaban J connectivity index is 1.98. The maximum Gasteiger partial charge on any atom is 0.416 e. The van der Waals surface area contributed by atoms with Crippen LogP contribution in [0.5, 0.6) is 0 Å². The van der Waals surface area contributed by atoms with E-state index in [1.807, 2.05) is 4.90 Å². The van der Waals surface area contributed by atoms with Crippen LogP contribution in [0.1, 0.15) is 57.4 Å². The Morgan fingerprint density at radius 3 is 2.43 bits per heavy atom. The molecular weight excluding hydrogens is 371 g/mol. The zero-order valence-electron chi connectivity index (χ0n) is 16.2. The number of anilines is 2. The van der Waals surface area contributed by atoms with Gasteiger partial charge in [-0.1, -0.05) is 6.42 Å². The number of hydrogen-bond donors (Lipinski definition) is 2. The summed E-state index contributed by atoms with van der Waals surface area (Å²) in [6.07, 6.45) is 0.996. The summed E-state index contributed by atoms with van der Waals surface area (Å²) in [7, 11) is 0. The van der Waals surface area contributed by atoms with E-state index in [0.29, 0.717) is 18.7 Å². The SMILES string of the molecule is CC(=O)NCCCCCC(=O)Nc1cc(C(F)(F)F)ccc1N1CCCCC1. The van der Waals surface area contributed by atoms with E-state index < -0.39 is 11.7 Å². The van der Waals surface area contributed by atoms with Crippen molar-refractivity contribution in [2.75, 3.05) is 29.9 Å². The number of carbonyl (C=O) groups is 2. The number of carbonyl (C=O) groups excluding carboxylic acids is 2. The van der Waals surface area contributed by atoms with Crippen molar-refractivity contribution < 1.29 is 22.8 Å². The predicted octanol–water partition coefficient (Wildman–Crippen LogP) is 4.33. The topological polar surface area (TPSA) is 61.4 Å². The number of benzene rings is 1. The molecule has 0 aromatic heterocycles. The summed E-state index contributed by atoms with van der Waals surface area (Å²) in [5, 5.41) is 5.37. The molecule has 2 N–H and O–H groups in total. The molecule has 5 nitrogen and oxygen atoms in total. The van der Waals surface area contributed by atoms with Gasteiger partial charge in [-0.2, -0.15) is 13.2 Å². The highest BCUT2D eigenvalue weighted by Gasteiger charge is 2.31. The van der Waals surface area contributed by atoms with Crippen LogP contribution in [0.3, 0.4) is 0 Å². The van der Waals surface area contributed by atoms with Crippen molar-refractivity contribution in [2.45, 2.75) is 58.0 Å². The van der Waals surface area contributed by atoms with Crippen LogP contribution in [-0.2, 0) is 15.8 Å². The molecule has 1 aliphatic rings. The van der Waals surface area contributed by atoms with Crippen molar-refractivity contribution in [1.29, 1.82) is 0 Å². The third-order valence-electron chi connectivity index (χ3n) is 4.75. The Bertz CT molecular complexity index is 671. The minimum atomic E-state index is -4.45. The van der Waals surface area contributed by atoms with E-state index >= 15 is 0 Å². The van der Waals surface area contributed by atoms with E-state index in [9.17, 15) is 22.8 Å². The largest absolute Gasteiger partial charge is 0.416 e. The average molecular weight is 399 g/mol. The van der Waals surface area contributed by atoms with Crippen LogP contribution < -0.4 is 15.5 Å². The minimum Gasteiger partial charge on any atom is -0.370 e. The zero-order valence-corrected chi connectivity index (χ0v) is 16.2. The highest BCUT2D eigenvalue weighted by atomic mass is 19.4. The standard InChI is InChI=1S/C20H28F3N3O2/c1-15(27)24-11-5-2-4-8-19(28)25-17-14-16(20(21,22)23)9-10-18(17)26-12-6-3-7-13-26/h9-10,14H,2-8,11-13H2,1H3,(H,24,27)(H,25,28). The molecule has 28 heavy (non-hydrogen) atoms. The van der Waals surface area contributed by atoms with Crippen molar-refractivity contribution >= 4 is 23.2 Å². The summed E-state index contributed by atoms with van der Waals surface area (Å²) in [6, 6.07) is 3.55. The molecular formula is C20H28F3N3O2. The van der Waals surface area contributed by atoms with Crippen LogP contribution in [0.15, 0.2) is 18.2 Å². The summed E-state index contributed by atoms with van der Waals surface area (Å²) in [5.41, 5.74) is 0.102. The Hall–Kier alpha value is -2.25. The third kappa shape index (κ3) is 7.05. The average Bonchev–Trinajstić information content (AvgIpc) is 2.64. The molecule has 0 aliphatic carbocycles. The van der Waals surface area contributed by atoms with Gasteiger partial charge in [0.1, 0.15) is 0 Å². The lowest BCUT2D eigenvalue weighted by atomic mass is 10.1. The van der Waals surface area contributed by atoms with Gasteiger partial charge in [0.2, 0.25) is 11.8 Å². The van der Waals surface area contributed by atoms with Gasteiger partial charge >= 0.3 is 6.18 Å². The van der Waals surface area contributed by atoms with Crippen molar-refractivity contribution in [1.82, 2.24) is 5.32 Å². The van der Waals surface area contributed by atoms with Crippen LogP contribution in [0.4, 0.5) is 24.5 Å². The van der Waals surface area contributed by atoms with Gasteiger partial charge in [0, 0.05) is 33.0 Å². The lowest BCUT2D eigenvalue weighted by molar-refractivity contribution is -0.137. The molecule has 0 bridgehead atoms. The Morgan fingerprint density at radius 1 is 1.07 bits per heavy atom. The number of halogens is 3. The monoisotopic (exact) mass is 399 g/mol. The van der Waals surface area contributed by atoms with Gasteiger partial charge in [0.15, 0.2) is 0 Å². The summed E-state index contributed by atoms with van der Waals surface area (Å²) in [6.45, 7) is 3.56. The minimum absolute atomic E-state index is 0.0902. The van der Waals surface area contributed by atoms with Gasteiger partial charge in [-0.15, -0.1) is 0 Å². The fourth-order valence-corrected chi connectivity index (χ4v) is 3.29. The van der Waals surface area contributed by atoms with E-state index in [1.165, 1.54) is 13.0 Å². The van der Waals surface area contributed by atoms with Crippen LogP contribution in [0, 0.1) is 0 Å². The molecule has 0 spiro atoms. The molecule has 1 fully saturated rings. The number of unbranched alkanes of at least 4 members (excludes halogenated alkanes) is 2. The molecule has 1 aromatic rings. The first kappa shape index (κ1) is 22.0. The fourth-order valence-electron chi connectivity index (χ4n) is 3.29. The number of nitrogens with zero attached hydrogens (tertiary/aromatic N) is 1. The van der Waals surface area contributed by atoms with Crippen molar-refractivity contribution in [3.05, 3.63) is 23.8 Å². The second-order valence-corrected chi connectivity index (χ2v) is 7.12. The van der Waals surface area contributed by atoms with E-state index in [4.69, 9.17) is 0 Å². The van der Waals surface area contributed by atoms with Gasteiger partial charge in [-0.25, -0.2) is 0 Å². The zero-order chi connectivity index (χ0) is 20.6. The van der Waals surface area contributed by atoms with Crippen LogP contribution in [0.25, 0.3) is 0 Å². The molecule has 2 rings (SSSR count). The number of rotatable bonds is 8. The fraction of sp³-hybridized carbons (Fsp3) is 0.600. The summed E-state index contributed by atoms with van der Waals surface area (Å²) >= 11 is 0. The highest BCUT2D eigenvalue weighted by molar-refractivity contribution is 5.94. The Kier molecular flexibility index (Phi) is 8.14. The van der Waals surface area contributed by atoms with E-state index in [1.54, 1.807) is 0 Å². The predicted molar refractivity (Wildman–Crippen MR) is 103 cm³/mol. The summed E-state index contributed by atoms with van der Waals surface area (Å²) in [4.78, 5) is 25.1. The first-order valence-corrected chi connectivity index (χ1v) is 9.78.